The SMILES string of the molecule is CCOC(=O)c1csc([C@@H]2CCCN2Cc2ncc[nH]2)n1. The molecule has 0 aromatic carbocycles. The highest BCUT2D eigenvalue weighted by molar-refractivity contribution is 7.09. The first-order valence-corrected chi connectivity index (χ1v) is 8.00. The second-order valence-electron chi connectivity index (χ2n) is 4.96. The zero-order valence-electron chi connectivity index (χ0n) is 11.9. The van der Waals surface area contributed by atoms with E-state index in [1.807, 2.05) is 6.20 Å². The van der Waals surface area contributed by atoms with Gasteiger partial charge in [-0.3, -0.25) is 4.90 Å². The van der Waals surface area contributed by atoms with E-state index in [9.17, 15) is 4.79 Å². The summed E-state index contributed by atoms with van der Waals surface area (Å²) in [5, 5.41) is 2.78. The molecule has 1 aliphatic rings. The molecule has 0 aliphatic carbocycles. The van der Waals surface area contributed by atoms with Crippen molar-refractivity contribution in [3.05, 3.63) is 34.3 Å². The van der Waals surface area contributed by atoms with Gasteiger partial charge in [-0.1, -0.05) is 0 Å². The molecule has 0 spiro atoms. The van der Waals surface area contributed by atoms with Crippen LogP contribution in [-0.4, -0.2) is 39.0 Å². The molecule has 1 atom stereocenters. The van der Waals surface area contributed by atoms with Crippen LogP contribution in [0, 0.1) is 0 Å². The van der Waals surface area contributed by atoms with Crippen LogP contribution in [0.5, 0.6) is 0 Å². The molecule has 21 heavy (non-hydrogen) atoms. The number of nitrogens with zero attached hydrogens (tertiary/aromatic N) is 3. The number of H-pyrrole nitrogens is 1. The summed E-state index contributed by atoms with van der Waals surface area (Å²) in [6, 6.07) is 0.267. The number of likely N-dealkylation sites (tertiary alicyclic amines) is 1. The minimum Gasteiger partial charge on any atom is -0.461 e. The zero-order valence-corrected chi connectivity index (χ0v) is 12.7. The lowest BCUT2D eigenvalue weighted by atomic mass is 10.2. The van der Waals surface area contributed by atoms with Crippen LogP contribution in [0.15, 0.2) is 17.8 Å². The van der Waals surface area contributed by atoms with Crippen molar-refractivity contribution >= 4 is 17.3 Å². The van der Waals surface area contributed by atoms with Crippen molar-refractivity contribution in [2.24, 2.45) is 0 Å². The highest BCUT2D eigenvalue weighted by Gasteiger charge is 2.29. The highest BCUT2D eigenvalue weighted by atomic mass is 32.1. The number of carbonyl (C=O) groups excluding carboxylic acids is 1. The van der Waals surface area contributed by atoms with Crippen molar-refractivity contribution < 1.29 is 9.53 Å². The monoisotopic (exact) mass is 306 g/mol. The van der Waals surface area contributed by atoms with E-state index in [0.717, 1.165) is 36.8 Å². The number of ether oxygens (including phenoxy) is 1. The number of nitrogens with one attached hydrogen (secondary N) is 1. The Kier molecular flexibility index (Phi) is 4.31. The molecule has 1 saturated heterocycles. The van der Waals surface area contributed by atoms with Gasteiger partial charge in [0, 0.05) is 17.8 Å². The van der Waals surface area contributed by atoms with Crippen LogP contribution >= 0.6 is 11.3 Å². The van der Waals surface area contributed by atoms with E-state index >= 15 is 0 Å². The van der Waals surface area contributed by atoms with Gasteiger partial charge in [-0.25, -0.2) is 14.8 Å². The van der Waals surface area contributed by atoms with Crippen LogP contribution in [-0.2, 0) is 11.3 Å². The number of hydrogen-bond acceptors (Lipinski definition) is 6. The summed E-state index contributed by atoms with van der Waals surface area (Å²) in [5.74, 6) is 0.625. The average molecular weight is 306 g/mol. The molecule has 3 rings (SSSR count). The Hall–Kier alpha value is -1.73. The summed E-state index contributed by atoms with van der Waals surface area (Å²) in [4.78, 5) is 25.9. The molecule has 1 fully saturated rings. The van der Waals surface area contributed by atoms with Crippen molar-refractivity contribution in [3.63, 3.8) is 0 Å². The number of rotatable bonds is 5. The molecule has 2 aromatic heterocycles. The zero-order chi connectivity index (χ0) is 14.7. The lowest BCUT2D eigenvalue weighted by Gasteiger charge is -2.21. The normalized spacial score (nSPS) is 19.0. The molecule has 0 radical (unpaired) electrons. The van der Waals surface area contributed by atoms with Gasteiger partial charge < -0.3 is 9.72 Å². The van der Waals surface area contributed by atoms with Gasteiger partial charge in [0.1, 0.15) is 10.8 Å². The fourth-order valence-corrected chi connectivity index (χ4v) is 3.57. The van der Waals surface area contributed by atoms with Gasteiger partial charge in [-0.2, -0.15) is 0 Å². The van der Waals surface area contributed by atoms with Crippen molar-refractivity contribution in [1.82, 2.24) is 19.9 Å². The topological polar surface area (TPSA) is 71.1 Å². The molecule has 0 saturated carbocycles. The lowest BCUT2D eigenvalue weighted by Crippen LogP contribution is -2.23. The van der Waals surface area contributed by atoms with Crippen molar-refractivity contribution in [2.45, 2.75) is 32.4 Å². The minimum atomic E-state index is -0.337. The number of carbonyl (C=O) groups is 1. The Morgan fingerprint density at radius 3 is 3.29 bits per heavy atom. The Balaban J connectivity index is 1.71. The van der Waals surface area contributed by atoms with Gasteiger partial charge in [0.05, 0.1) is 19.2 Å². The van der Waals surface area contributed by atoms with Crippen molar-refractivity contribution in [2.75, 3.05) is 13.2 Å². The fraction of sp³-hybridized carbons (Fsp3) is 0.500. The molecular formula is C14H18N4O2S. The van der Waals surface area contributed by atoms with Crippen LogP contribution < -0.4 is 0 Å². The molecule has 2 aromatic rings. The first kappa shape index (κ1) is 14.2. The second-order valence-corrected chi connectivity index (χ2v) is 5.85. The van der Waals surface area contributed by atoms with Crippen LogP contribution in [0.4, 0.5) is 0 Å². The highest BCUT2D eigenvalue weighted by Crippen LogP contribution is 2.34. The molecule has 0 unspecified atom stereocenters. The number of aromatic nitrogens is 3. The van der Waals surface area contributed by atoms with Crippen LogP contribution in [0.2, 0.25) is 0 Å². The molecule has 0 bridgehead atoms. The van der Waals surface area contributed by atoms with E-state index in [1.165, 1.54) is 11.3 Å². The number of imidazole rings is 1. The maximum atomic E-state index is 11.7. The maximum absolute atomic E-state index is 11.7. The number of hydrogen-bond donors (Lipinski definition) is 1. The molecule has 1 N–H and O–H groups in total. The number of aromatic amines is 1. The third-order valence-electron chi connectivity index (χ3n) is 3.56. The fourth-order valence-electron chi connectivity index (χ4n) is 2.61. The third kappa shape index (κ3) is 3.14. The Morgan fingerprint density at radius 2 is 2.52 bits per heavy atom. The molecular weight excluding hydrogens is 288 g/mol. The second kappa shape index (κ2) is 6.36. The van der Waals surface area contributed by atoms with Crippen molar-refractivity contribution in [3.8, 4) is 0 Å². The van der Waals surface area contributed by atoms with E-state index in [1.54, 1.807) is 18.5 Å². The molecule has 112 valence electrons. The van der Waals surface area contributed by atoms with Crippen LogP contribution in [0.25, 0.3) is 0 Å². The van der Waals surface area contributed by atoms with E-state index in [0.29, 0.717) is 12.3 Å². The molecule has 7 heteroatoms. The molecule has 6 nitrogen and oxygen atoms in total. The molecule has 1 aliphatic heterocycles. The average Bonchev–Trinajstić information content (AvgIpc) is 3.20. The van der Waals surface area contributed by atoms with E-state index < -0.39 is 0 Å². The smallest absolute Gasteiger partial charge is 0.357 e. The third-order valence-corrected chi connectivity index (χ3v) is 4.51. The molecule has 3 heterocycles. The van der Waals surface area contributed by atoms with Gasteiger partial charge in [-0.05, 0) is 26.3 Å². The van der Waals surface area contributed by atoms with Gasteiger partial charge in [0.25, 0.3) is 0 Å². The number of esters is 1. The predicted octanol–water partition coefficient (Wildman–Crippen LogP) is 2.38. The summed E-state index contributed by atoms with van der Waals surface area (Å²) in [5.41, 5.74) is 0.418. The van der Waals surface area contributed by atoms with Gasteiger partial charge in [-0.15, -0.1) is 11.3 Å². The first-order chi connectivity index (χ1) is 10.3. The quantitative estimate of drug-likeness (QED) is 0.859. The summed E-state index contributed by atoms with van der Waals surface area (Å²) in [7, 11) is 0. The lowest BCUT2D eigenvalue weighted by molar-refractivity contribution is 0.0520. The minimum absolute atomic E-state index is 0.267. The Bertz CT molecular complexity index is 596. The van der Waals surface area contributed by atoms with Crippen LogP contribution in [0.1, 0.15) is 47.1 Å². The number of thiazole rings is 1. The van der Waals surface area contributed by atoms with E-state index in [2.05, 4.69) is 19.9 Å². The predicted molar refractivity (Wildman–Crippen MR) is 79.0 cm³/mol. The largest absolute Gasteiger partial charge is 0.461 e. The summed E-state index contributed by atoms with van der Waals surface area (Å²) in [6.07, 6.45) is 5.81. The van der Waals surface area contributed by atoms with Crippen LogP contribution in [0.3, 0.4) is 0 Å². The van der Waals surface area contributed by atoms with Gasteiger partial charge in [0.2, 0.25) is 0 Å². The standard InChI is InChI=1S/C14H18N4O2S/c1-2-20-14(19)10-9-21-13(17-10)11-4-3-7-18(11)8-12-15-5-6-16-12/h5-6,9,11H,2-4,7-8H2,1H3,(H,15,16)/t11-/m0/s1. The van der Waals surface area contributed by atoms with Gasteiger partial charge in [0.15, 0.2) is 5.69 Å². The maximum Gasteiger partial charge on any atom is 0.357 e. The summed E-state index contributed by atoms with van der Waals surface area (Å²) < 4.78 is 4.99. The molecule has 0 amide bonds. The first-order valence-electron chi connectivity index (χ1n) is 7.12. The van der Waals surface area contributed by atoms with Gasteiger partial charge >= 0.3 is 5.97 Å². The Labute approximate surface area is 127 Å². The van der Waals surface area contributed by atoms with E-state index in [-0.39, 0.29) is 12.0 Å². The van der Waals surface area contributed by atoms with E-state index in [4.69, 9.17) is 4.74 Å². The van der Waals surface area contributed by atoms with Crippen molar-refractivity contribution in [1.29, 1.82) is 0 Å². The Morgan fingerprint density at radius 1 is 1.62 bits per heavy atom. The summed E-state index contributed by atoms with van der Waals surface area (Å²) in [6.45, 7) is 3.98. The summed E-state index contributed by atoms with van der Waals surface area (Å²) >= 11 is 1.53.